The Kier molecular flexibility index (Phi) is 5.24. The van der Waals surface area contributed by atoms with Crippen LogP contribution in [0, 0.1) is 0 Å². The molecule has 0 atom stereocenters. The molecule has 8 heteroatoms. The molecule has 3 aromatic heterocycles. The van der Waals surface area contributed by atoms with E-state index in [1.807, 2.05) is 42.5 Å². The lowest BCUT2D eigenvalue weighted by Crippen LogP contribution is -2.02. The van der Waals surface area contributed by atoms with E-state index in [2.05, 4.69) is 36.9 Å². The molecule has 0 aliphatic carbocycles. The van der Waals surface area contributed by atoms with Crippen molar-refractivity contribution in [3.8, 4) is 22.8 Å². The van der Waals surface area contributed by atoms with Crippen molar-refractivity contribution in [1.29, 1.82) is 0 Å². The number of nitrogens with zero attached hydrogens (tertiary/aromatic N) is 6. The van der Waals surface area contributed by atoms with Gasteiger partial charge in [-0.15, -0.1) is 20.4 Å². The van der Waals surface area contributed by atoms with Gasteiger partial charge < -0.3 is 8.98 Å². The van der Waals surface area contributed by atoms with Gasteiger partial charge in [-0.3, -0.25) is 4.98 Å². The van der Waals surface area contributed by atoms with E-state index in [4.69, 9.17) is 4.42 Å². The topological polar surface area (TPSA) is 82.5 Å². The van der Waals surface area contributed by atoms with Crippen molar-refractivity contribution in [1.82, 2.24) is 29.9 Å². The highest BCUT2D eigenvalue weighted by molar-refractivity contribution is 7.98. The summed E-state index contributed by atoms with van der Waals surface area (Å²) < 4.78 is 7.89. The first-order chi connectivity index (χ1) is 13.3. The van der Waals surface area contributed by atoms with Crippen LogP contribution in [-0.2, 0) is 12.3 Å². The molecule has 0 spiro atoms. The molecule has 136 valence electrons. The second-order valence-electron chi connectivity index (χ2n) is 5.85. The molecule has 7 nitrogen and oxygen atoms in total. The molecule has 0 amide bonds. The fourth-order valence-corrected chi connectivity index (χ4v) is 3.47. The minimum Gasteiger partial charge on any atom is -0.420 e. The molecule has 0 aliphatic rings. The third kappa shape index (κ3) is 3.90. The van der Waals surface area contributed by atoms with Crippen LogP contribution in [0.1, 0.15) is 19.2 Å². The van der Waals surface area contributed by atoms with E-state index in [1.54, 1.807) is 24.2 Å². The van der Waals surface area contributed by atoms with Crippen molar-refractivity contribution in [2.75, 3.05) is 0 Å². The lowest BCUT2D eigenvalue weighted by atomic mass is 10.2. The van der Waals surface area contributed by atoms with Gasteiger partial charge in [-0.2, -0.15) is 0 Å². The van der Waals surface area contributed by atoms with Crippen molar-refractivity contribution in [3.63, 3.8) is 0 Å². The predicted molar refractivity (Wildman–Crippen MR) is 103 cm³/mol. The van der Waals surface area contributed by atoms with Gasteiger partial charge in [0.2, 0.25) is 11.8 Å². The van der Waals surface area contributed by atoms with Crippen LogP contribution in [0.4, 0.5) is 0 Å². The van der Waals surface area contributed by atoms with E-state index in [1.165, 1.54) is 0 Å². The SMILES string of the molecule is CCCn1c(SCc2nnc(-c3ccccc3)o2)nnc1-c1ccncc1. The number of aromatic nitrogens is 6. The number of rotatable bonds is 7. The monoisotopic (exact) mass is 378 g/mol. The number of hydrogen-bond acceptors (Lipinski definition) is 7. The molecule has 1 aromatic carbocycles. The lowest BCUT2D eigenvalue weighted by molar-refractivity contribution is 0.528. The van der Waals surface area contributed by atoms with Gasteiger partial charge in [0.25, 0.3) is 0 Å². The van der Waals surface area contributed by atoms with E-state index in [9.17, 15) is 0 Å². The van der Waals surface area contributed by atoms with Crippen LogP contribution < -0.4 is 0 Å². The van der Waals surface area contributed by atoms with Gasteiger partial charge in [0.05, 0.1) is 5.75 Å². The maximum absolute atomic E-state index is 5.77. The Hall–Kier alpha value is -3.00. The summed E-state index contributed by atoms with van der Waals surface area (Å²) in [5.41, 5.74) is 1.91. The van der Waals surface area contributed by atoms with Crippen LogP contribution in [0.2, 0.25) is 0 Å². The van der Waals surface area contributed by atoms with E-state index >= 15 is 0 Å². The average Bonchev–Trinajstić information content (AvgIpc) is 3.35. The molecule has 4 aromatic rings. The molecule has 0 radical (unpaired) electrons. The van der Waals surface area contributed by atoms with Gasteiger partial charge in [-0.25, -0.2) is 0 Å². The lowest BCUT2D eigenvalue weighted by Gasteiger charge is -2.07. The third-order valence-corrected chi connectivity index (χ3v) is 4.87. The zero-order valence-corrected chi connectivity index (χ0v) is 15.6. The molecular formula is C19H18N6OS. The van der Waals surface area contributed by atoms with Crippen LogP contribution in [0.5, 0.6) is 0 Å². The number of hydrogen-bond donors (Lipinski definition) is 0. The zero-order chi connectivity index (χ0) is 18.5. The Morgan fingerprint density at radius 2 is 1.74 bits per heavy atom. The maximum atomic E-state index is 5.77. The summed E-state index contributed by atoms with van der Waals surface area (Å²) in [7, 11) is 0. The van der Waals surface area contributed by atoms with E-state index < -0.39 is 0 Å². The summed E-state index contributed by atoms with van der Waals surface area (Å²) in [4.78, 5) is 4.07. The summed E-state index contributed by atoms with van der Waals surface area (Å²) in [5.74, 6) is 2.48. The van der Waals surface area contributed by atoms with Crippen molar-refractivity contribution in [2.45, 2.75) is 30.8 Å². The van der Waals surface area contributed by atoms with Gasteiger partial charge in [0, 0.05) is 30.1 Å². The summed E-state index contributed by atoms with van der Waals surface area (Å²) in [6.45, 7) is 2.97. The summed E-state index contributed by atoms with van der Waals surface area (Å²) >= 11 is 1.54. The Morgan fingerprint density at radius 1 is 0.926 bits per heavy atom. The zero-order valence-electron chi connectivity index (χ0n) is 14.8. The molecule has 0 unspecified atom stereocenters. The third-order valence-electron chi connectivity index (χ3n) is 3.91. The molecule has 0 saturated carbocycles. The molecule has 3 heterocycles. The Morgan fingerprint density at radius 3 is 2.52 bits per heavy atom. The standard InChI is InChI=1S/C19H18N6OS/c1-2-12-25-17(14-8-10-20-11-9-14)22-24-19(25)27-13-16-21-23-18(26-16)15-6-4-3-5-7-15/h3-11H,2,12-13H2,1H3. The first-order valence-corrected chi connectivity index (χ1v) is 9.68. The molecule has 0 fully saturated rings. The van der Waals surface area contributed by atoms with Crippen molar-refractivity contribution >= 4 is 11.8 Å². The maximum Gasteiger partial charge on any atom is 0.247 e. The molecule has 4 rings (SSSR count). The molecule has 0 aliphatic heterocycles. The smallest absolute Gasteiger partial charge is 0.247 e. The van der Waals surface area contributed by atoms with Gasteiger partial charge in [0.15, 0.2) is 11.0 Å². The van der Waals surface area contributed by atoms with Gasteiger partial charge >= 0.3 is 0 Å². The second kappa shape index (κ2) is 8.13. The number of benzene rings is 1. The van der Waals surface area contributed by atoms with E-state index in [0.29, 0.717) is 17.5 Å². The van der Waals surface area contributed by atoms with Gasteiger partial charge in [0.1, 0.15) is 0 Å². The van der Waals surface area contributed by atoms with E-state index in [0.717, 1.165) is 35.1 Å². The molecular weight excluding hydrogens is 360 g/mol. The highest BCUT2D eigenvalue weighted by Gasteiger charge is 2.15. The van der Waals surface area contributed by atoms with Crippen molar-refractivity contribution in [2.24, 2.45) is 0 Å². The van der Waals surface area contributed by atoms with Crippen molar-refractivity contribution in [3.05, 3.63) is 60.7 Å². The first kappa shape index (κ1) is 17.4. The summed E-state index contributed by atoms with van der Waals surface area (Å²) in [6, 6.07) is 13.6. The fourth-order valence-electron chi connectivity index (χ4n) is 2.67. The van der Waals surface area contributed by atoms with Gasteiger partial charge in [-0.05, 0) is 30.7 Å². The predicted octanol–water partition coefficient (Wildman–Crippen LogP) is 4.09. The summed E-state index contributed by atoms with van der Waals surface area (Å²) in [5, 5.41) is 17.8. The molecule has 0 N–H and O–H groups in total. The fraction of sp³-hybridized carbons (Fsp3) is 0.211. The number of pyridine rings is 1. The average molecular weight is 378 g/mol. The second-order valence-corrected chi connectivity index (χ2v) is 6.79. The van der Waals surface area contributed by atoms with Crippen LogP contribution in [0.3, 0.4) is 0 Å². The van der Waals surface area contributed by atoms with Gasteiger partial charge in [-0.1, -0.05) is 36.9 Å². The van der Waals surface area contributed by atoms with Crippen LogP contribution in [0.25, 0.3) is 22.8 Å². The van der Waals surface area contributed by atoms with Crippen molar-refractivity contribution < 1.29 is 4.42 Å². The quantitative estimate of drug-likeness (QED) is 0.448. The highest BCUT2D eigenvalue weighted by Crippen LogP contribution is 2.27. The Bertz CT molecular complexity index is 999. The number of thioether (sulfide) groups is 1. The Balaban J connectivity index is 1.52. The molecule has 0 bridgehead atoms. The normalized spacial score (nSPS) is 11.0. The minimum absolute atomic E-state index is 0.527. The van der Waals surface area contributed by atoms with Crippen LogP contribution >= 0.6 is 11.8 Å². The largest absolute Gasteiger partial charge is 0.420 e. The summed E-state index contributed by atoms with van der Waals surface area (Å²) in [6.07, 6.45) is 4.51. The first-order valence-electron chi connectivity index (χ1n) is 8.69. The van der Waals surface area contributed by atoms with Crippen LogP contribution in [-0.4, -0.2) is 29.9 Å². The highest BCUT2D eigenvalue weighted by atomic mass is 32.2. The van der Waals surface area contributed by atoms with E-state index in [-0.39, 0.29) is 0 Å². The Labute approximate surface area is 160 Å². The molecule has 0 saturated heterocycles. The van der Waals surface area contributed by atoms with Crippen LogP contribution in [0.15, 0.2) is 64.4 Å². The minimum atomic E-state index is 0.527. The molecule has 27 heavy (non-hydrogen) atoms.